The van der Waals surface area contributed by atoms with E-state index >= 15 is 0 Å². The number of rotatable bonds is 5. The van der Waals surface area contributed by atoms with E-state index in [0.717, 1.165) is 0 Å². The second-order valence-electron chi connectivity index (χ2n) is 9.06. The van der Waals surface area contributed by atoms with E-state index in [0.29, 0.717) is 28.0 Å². The van der Waals surface area contributed by atoms with Gasteiger partial charge >= 0.3 is 0 Å². The van der Waals surface area contributed by atoms with E-state index < -0.39 is 11.6 Å². The van der Waals surface area contributed by atoms with Crippen LogP contribution < -0.4 is 22.5 Å². The third-order valence-electron chi connectivity index (χ3n) is 5.60. The lowest BCUT2D eigenvalue weighted by atomic mass is 10.1. The zero-order valence-electron chi connectivity index (χ0n) is 21.9. The van der Waals surface area contributed by atoms with E-state index in [2.05, 4.69) is 42.5 Å². The third-order valence-corrected chi connectivity index (χ3v) is 5.60. The van der Waals surface area contributed by atoms with Gasteiger partial charge in [-0.2, -0.15) is 10.2 Å². The van der Waals surface area contributed by atoms with Crippen molar-refractivity contribution in [2.24, 2.45) is 21.2 Å². The summed E-state index contributed by atoms with van der Waals surface area (Å²) in [7, 11) is 1.47. The molecule has 1 atom stereocenters. The molecule has 0 radical (unpaired) electrons. The number of hydrogen-bond donors (Lipinski definition) is 4. The van der Waals surface area contributed by atoms with E-state index in [9.17, 15) is 9.90 Å². The van der Waals surface area contributed by atoms with Gasteiger partial charge in [0.1, 0.15) is 35.0 Å². The van der Waals surface area contributed by atoms with Gasteiger partial charge in [0.05, 0.1) is 22.6 Å². The molecule has 198 valence electrons. The van der Waals surface area contributed by atoms with Gasteiger partial charge in [-0.25, -0.2) is 15.0 Å². The number of anilines is 2. The average molecular weight is 525 g/mol. The molecular weight excluding hydrogens is 496 g/mol. The quantitative estimate of drug-likeness (QED) is 0.0767. The standard InChI is InChI=1S/C27H28N10O2/c1-16(33-23-21(22(28)31-15-32-23)24(35-29)36-30-4)25-34-19-12-8-9-17(13-14-27(2,3)39)20(19)26(38)37(25)18-10-6-5-7-11-18/h5-12,15-16,39H,29H2,1-4H3,(H3,28,31,32,33). The topological polar surface area (TPSA) is 182 Å². The number of nitrogens with zero attached hydrogens (tertiary/aromatic N) is 7. The number of amidine groups is 1. The minimum absolute atomic E-state index is 0.0345. The maximum absolute atomic E-state index is 14.1. The Kier molecular flexibility index (Phi) is 7.64. The zero-order chi connectivity index (χ0) is 28.2. The van der Waals surface area contributed by atoms with Crippen molar-refractivity contribution in [3.05, 3.63) is 82.2 Å². The van der Waals surface area contributed by atoms with Gasteiger partial charge in [0.15, 0.2) is 0 Å². The highest BCUT2D eigenvalue weighted by molar-refractivity contribution is 6.06. The summed E-state index contributed by atoms with van der Waals surface area (Å²) in [5.74, 6) is 12.1. The highest BCUT2D eigenvalue weighted by atomic mass is 16.3. The Morgan fingerprint density at radius 2 is 1.90 bits per heavy atom. The van der Waals surface area contributed by atoms with Gasteiger partial charge in [-0.1, -0.05) is 36.1 Å². The van der Waals surface area contributed by atoms with E-state index in [1.54, 1.807) is 32.0 Å². The van der Waals surface area contributed by atoms with Crippen LogP contribution in [0.1, 0.15) is 43.8 Å². The lowest BCUT2D eigenvalue weighted by molar-refractivity contribution is 0.143. The van der Waals surface area contributed by atoms with Crippen LogP contribution in [0, 0.1) is 11.8 Å². The van der Waals surface area contributed by atoms with E-state index in [-0.39, 0.29) is 28.6 Å². The molecule has 0 amide bonds. The predicted molar refractivity (Wildman–Crippen MR) is 151 cm³/mol. The van der Waals surface area contributed by atoms with Crippen molar-refractivity contribution in [3.63, 3.8) is 0 Å². The Balaban J connectivity index is 1.94. The van der Waals surface area contributed by atoms with Crippen LogP contribution in [0.3, 0.4) is 0 Å². The van der Waals surface area contributed by atoms with Crippen molar-refractivity contribution in [2.75, 3.05) is 18.1 Å². The van der Waals surface area contributed by atoms with Crippen molar-refractivity contribution < 1.29 is 5.11 Å². The Labute approximate surface area is 224 Å². The van der Waals surface area contributed by atoms with Gasteiger partial charge < -0.3 is 22.0 Å². The predicted octanol–water partition coefficient (Wildman–Crippen LogP) is 2.76. The van der Waals surface area contributed by atoms with E-state index in [4.69, 9.17) is 16.6 Å². The number of aliphatic hydroxyl groups is 1. The number of fused-ring (bicyclic) bond motifs is 1. The average Bonchev–Trinajstić information content (AvgIpc) is 2.91. The lowest BCUT2D eigenvalue weighted by Crippen LogP contribution is -2.28. The smallest absolute Gasteiger partial charge is 0.267 e. The van der Waals surface area contributed by atoms with Crippen LogP contribution in [-0.4, -0.2) is 43.1 Å². The molecule has 0 saturated heterocycles. The molecule has 0 aliphatic rings. The molecule has 6 N–H and O–H groups in total. The maximum atomic E-state index is 14.1. The summed E-state index contributed by atoms with van der Waals surface area (Å²) in [6, 6.07) is 13.8. The van der Waals surface area contributed by atoms with Crippen LogP contribution in [0.5, 0.6) is 0 Å². The summed E-state index contributed by atoms with van der Waals surface area (Å²) < 4.78 is 1.52. The van der Waals surface area contributed by atoms with Crippen LogP contribution in [0.15, 0.2) is 75.0 Å². The number of nitrogens with one attached hydrogen (secondary N) is 1. The van der Waals surface area contributed by atoms with Crippen LogP contribution in [0.25, 0.3) is 16.6 Å². The molecule has 0 fully saturated rings. The molecule has 2 heterocycles. The number of nitrogen functional groups attached to an aromatic ring is 1. The lowest BCUT2D eigenvalue weighted by Gasteiger charge is -2.21. The molecule has 4 rings (SSSR count). The van der Waals surface area contributed by atoms with Gasteiger partial charge in [0.25, 0.3) is 5.56 Å². The fourth-order valence-corrected chi connectivity index (χ4v) is 3.92. The third kappa shape index (κ3) is 5.73. The summed E-state index contributed by atoms with van der Waals surface area (Å²) in [5, 5.41) is 25.0. The van der Waals surface area contributed by atoms with Crippen LogP contribution in [-0.2, 0) is 0 Å². The summed E-state index contributed by atoms with van der Waals surface area (Å²) >= 11 is 0. The molecule has 0 saturated carbocycles. The number of aromatic nitrogens is 4. The zero-order valence-corrected chi connectivity index (χ0v) is 21.9. The first-order valence-electron chi connectivity index (χ1n) is 12.0. The Morgan fingerprint density at radius 1 is 1.15 bits per heavy atom. The van der Waals surface area contributed by atoms with Gasteiger partial charge in [-0.3, -0.25) is 9.36 Å². The van der Waals surface area contributed by atoms with Gasteiger partial charge in [-0.15, -0.1) is 5.11 Å². The summed E-state index contributed by atoms with van der Waals surface area (Å²) in [6.07, 6.45) is 1.29. The molecule has 2 aromatic heterocycles. The summed E-state index contributed by atoms with van der Waals surface area (Å²) in [6.45, 7) is 4.98. The van der Waals surface area contributed by atoms with Crippen molar-refractivity contribution in [1.29, 1.82) is 0 Å². The molecule has 12 heteroatoms. The highest BCUT2D eigenvalue weighted by Crippen LogP contribution is 2.26. The molecule has 0 bridgehead atoms. The number of hydrogen-bond acceptors (Lipinski definition) is 10. The fourth-order valence-electron chi connectivity index (χ4n) is 3.92. The molecule has 12 nitrogen and oxygen atoms in total. The largest absolute Gasteiger partial charge is 0.383 e. The number of azo groups is 1. The Hall–Kier alpha value is -5.15. The van der Waals surface area contributed by atoms with Gasteiger partial charge in [0, 0.05) is 12.6 Å². The first-order valence-corrected chi connectivity index (χ1v) is 12.0. The molecule has 39 heavy (non-hydrogen) atoms. The minimum atomic E-state index is -1.23. The second kappa shape index (κ2) is 11.1. The second-order valence-corrected chi connectivity index (χ2v) is 9.06. The van der Waals surface area contributed by atoms with Crippen molar-refractivity contribution in [3.8, 4) is 17.5 Å². The molecular formula is C27H28N10O2. The van der Waals surface area contributed by atoms with Gasteiger partial charge in [0.2, 0.25) is 5.84 Å². The molecule has 0 aliphatic carbocycles. The fraction of sp³-hybridized carbons (Fsp3) is 0.222. The maximum Gasteiger partial charge on any atom is 0.267 e. The van der Waals surface area contributed by atoms with E-state index in [1.165, 1.54) is 17.9 Å². The summed E-state index contributed by atoms with van der Waals surface area (Å²) in [4.78, 5) is 27.3. The van der Waals surface area contributed by atoms with Crippen LogP contribution in [0.4, 0.5) is 11.6 Å². The molecule has 4 aromatic rings. The molecule has 2 aromatic carbocycles. The Morgan fingerprint density at radius 3 is 2.56 bits per heavy atom. The van der Waals surface area contributed by atoms with E-state index in [1.807, 2.05) is 37.3 Å². The van der Waals surface area contributed by atoms with Crippen molar-refractivity contribution in [1.82, 2.24) is 19.5 Å². The number of nitrogens with two attached hydrogens (primary N) is 2. The molecule has 1 unspecified atom stereocenters. The molecule has 0 spiro atoms. The normalized spacial score (nSPS) is 12.8. The minimum Gasteiger partial charge on any atom is -0.383 e. The number of para-hydroxylation sites is 1. The van der Waals surface area contributed by atoms with Crippen LogP contribution in [0.2, 0.25) is 0 Å². The number of benzene rings is 2. The highest BCUT2D eigenvalue weighted by Gasteiger charge is 2.23. The monoisotopic (exact) mass is 524 g/mol. The number of hydrazone groups is 1. The van der Waals surface area contributed by atoms with Crippen LogP contribution >= 0.6 is 0 Å². The Bertz CT molecular complexity index is 1690. The van der Waals surface area contributed by atoms with Crippen molar-refractivity contribution in [2.45, 2.75) is 32.4 Å². The molecule has 0 aliphatic heterocycles. The first-order chi connectivity index (χ1) is 18.6. The first kappa shape index (κ1) is 26.9. The summed E-state index contributed by atoms with van der Waals surface area (Å²) in [5.41, 5.74) is 6.34. The van der Waals surface area contributed by atoms with Gasteiger partial charge in [-0.05, 0) is 45.0 Å². The SMILES string of the molecule is CN=NC(=NN)c1c(N)ncnc1NC(C)c1nc2cccc(C#CC(C)(C)O)c2c(=O)n1-c1ccccc1. The van der Waals surface area contributed by atoms with Crippen molar-refractivity contribution >= 4 is 28.4 Å².